The van der Waals surface area contributed by atoms with Crippen molar-refractivity contribution >= 4 is 5.91 Å². The molecule has 0 spiro atoms. The molecule has 1 amide bonds. The van der Waals surface area contributed by atoms with E-state index in [9.17, 15) is 4.79 Å². The van der Waals surface area contributed by atoms with E-state index in [0.717, 1.165) is 44.1 Å². The molecule has 1 saturated heterocycles. The van der Waals surface area contributed by atoms with Gasteiger partial charge in [-0.1, -0.05) is 60.7 Å². The van der Waals surface area contributed by atoms with Crippen molar-refractivity contribution in [2.75, 3.05) is 26.2 Å². The number of carbonyl (C=O) groups is 1. The van der Waals surface area contributed by atoms with Crippen molar-refractivity contribution in [2.45, 2.75) is 32.2 Å². The predicted molar refractivity (Wildman–Crippen MR) is 129 cm³/mol. The Balaban J connectivity index is 1.34. The molecule has 1 aliphatic rings. The maximum Gasteiger partial charge on any atom is 0.255 e. The summed E-state index contributed by atoms with van der Waals surface area (Å²) in [6, 6.07) is 24.7. The zero-order chi connectivity index (χ0) is 22.0. The SMILES string of the molecule is O=C(c1cccnc1)N(CCN1CCCC(CCc2ccccc2)C1)Cc1ccccc1. The minimum Gasteiger partial charge on any atom is -0.333 e. The number of carbonyl (C=O) groups excluding carboxylic acids is 1. The highest BCUT2D eigenvalue weighted by Crippen LogP contribution is 2.22. The molecular weight excluding hydrogens is 394 g/mol. The summed E-state index contributed by atoms with van der Waals surface area (Å²) in [4.78, 5) is 21.9. The van der Waals surface area contributed by atoms with E-state index < -0.39 is 0 Å². The van der Waals surface area contributed by atoms with Crippen LogP contribution in [-0.2, 0) is 13.0 Å². The Bertz CT molecular complexity index is 946. The highest BCUT2D eigenvalue weighted by Gasteiger charge is 2.22. The van der Waals surface area contributed by atoms with Crippen molar-refractivity contribution in [3.05, 3.63) is 102 Å². The Morgan fingerprint density at radius 2 is 1.72 bits per heavy atom. The smallest absolute Gasteiger partial charge is 0.255 e. The average Bonchev–Trinajstić information content (AvgIpc) is 2.87. The summed E-state index contributed by atoms with van der Waals surface area (Å²) in [5, 5.41) is 0. The van der Waals surface area contributed by atoms with Crippen LogP contribution in [0.1, 0.15) is 40.7 Å². The van der Waals surface area contributed by atoms with Gasteiger partial charge in [-0.05, 0) is 61.4 Å². The molecule has 0 saturated carbocycles. The summed E-state index contributed by atoms with van der Waals surface area (Å²) in [7, 11) is 0. The van der Waals surface area contributed by atoms with E-state index in [1.807, 2.05) is 35.2 Å². The molecule has 2 aromatic carbocycles. The van der Waals surface area contributed by atoms with Crippen molar-refractivity contribution in [1.82, 2.24) is 14.8 Å². The molecule has 1 aromatic heterocycles. The number of nitrogens with zero attached hydrogens (tertiary/aromatic N) is 3. The number of rotatable bonds is 9. The number of piperidine rings is 1. The van der Waals surface area contributed by atoms with Crippen LogP contribution >= 0.6 is 0 Å². The minimum atomic E-state index is 0.0552. The number of benzene rings is 2. The normalized spacial score (nSPS) is 16.6. The summed E-state index contributed by atoms with van der Waals surface area (Å²) in [5.74, 6) is 0.792. The maximum atomic E-state index is 13.2. The zero-order valence-corrected chi connectivity index (χ0v) is 18.8. The molecule has 1 aliphatic heterocycles. The second kappa shape index (κ2) is 11.6. The first kappa shape index (κ1) is 22.2. The number of hydrogen-bond acceptors (Lipinski definition) is 3. The third kappa shape index (κ3) is 6.51. The van der Waals surface area contributed by atoms with Gasteiger partial charge in [-0.3, -0.25) is 9.78 Å². The molecule has 3 aromatic rings. The van der Waals surface area contributed by atoms with Crippen LogP contribution in [0.25, 0.3) is 0 Å². The largest absolute Gasteiger partial charge is 0.333 e. The van der Waals surface area contributed by atoms with Gasteiger partial charge in [0, 0.05) is 38.6 Å². The molecule has 0 bridgehead atoms. The van der Waals surface area contributed by atoms with E-state index in [1.54, 1.807) is 12.4 Å². The van der Waals surface area contributed by atoms with Gasteiger partial charge < -0.3 is 9.80 Å². The van der Waals surface area contributed by atoms with Crippen LogP contribution < -0.4 is 0 Å². The number of amides is 1. The van der Waals surface area contributed by atoms with E-state index in [1.165, 1.54) is 24.8 Å². The molecule has 1 unspecified atom stereocenters. The molecule has 0 aliphatic carbocycles. The van der Waals surface area contributed by atoms with E-state index >= 15 is 0 Å². The minimum absolute atomic E-state index is 0.0552. The summed E-state index contributed by atoms with van der Waals surface area (Å²) in [6.45, 7) is 4.53. The molecule has 4 rings (SSSR count). The fourth-order valence-electron chi connectivity index (χ4n) is 4.60. The van der Waals surface area contributed by atoms with Crippen LogP contribution in [0.5, 0.6) is 0 Å². The van der Waals surface area contributed by atoms with E-state index in [2.05, 4.69) is 52.3 Å². The summed E-state index contributed by atoms with van der Waals surface area (Å²) < 4.78 is 0. The van der Waals surface area contributed by atoms with Crippen molar-refractivity contribution < 1.29 is 4.79 Å². The Kier molecular flexibility index (Phi) is 8.05. The Labute approximate surface area is 191 Å². The monoisotopic (exact) mass is 427 g/mol. The van der Waals surface area contributed by atoms with Crippen molar-refractivity contribution in [3.63, 3.8) is 0 Å². The average molecular weight is 428 g/mol. The van der Waals surface area contributed by atoms with Crippen LogP contribution in [0.15, 0.2) is 85.2 Å². The van der Waals surface area contributed by atoms with Crippen molar-refractivity contribution in [3.8, 4) is 0 Å². The van der Waals surface area contributed by atoms with E-state index in [4.69, 9.17) is 0 Å². The molecule has 0 N–H and O–H groups in total. The zero-order valence-electron chi connectivity index (χ0n) is 18.8. The lowest BCUT2D eigenvalue weighted by molar-refractivity contribution is 0.0702. The third-order valence-electron chi connectivity index (χ3n) is 6.39. The fourth-order valence-corrected chi connectivity index (χ4v) is 4.60. The second-order valence-corrected chi connectivity index (χ2v) is 8.79. The standard InChI is InChI=1S/C28H33N3O/c32-28(27-14-7-17-29-21-27)31(23-25-11-5-2-6-12-25)20-19-30-18-8-13-26(22-30)16-15-24-9-3-1-4-10-24/h1-7,9-12,14,17,21,26H,8,13,15-16,18-20,22-23H2. The molecule has 2 heterocycles. The van der Waals surface area contributed by atoms with Gasteiger partial charge in [0.1, 0.15) is 0 Å². The molecular formula is C28H33N3O. The Hall–Kier alpha value is -2.98. The number of likely N-dealkylation sites (tertiary alicyclic amines) is 1. The summed E-state index contributed by atoms with van der Waals surface area (Å²) in [5.41, 5.74) is 3.24. The van der Waals surface area contributed by atoms with E-state index in [0.29, 0.717) is 12.1 Å². The van der Waals surface area contributed by atoms with Gasteiger partial charge in [-0.15, -0.1) is 0 Å². The molecule has 1 fully saturated rings. The second-order valence-electron chi connectivity index (χ2n) is 8.79. The third-order valence-corrected chi connectivity index (χ3v) is 6.39. The van der Waals surface area contributed by atoms with Crippen molar-refractivity contribution in [2.24, 2.45) is 5.92 Å². The predicted octanol–water partition coefficient (Wildman–Crippen LogP) is 5.07. The maximum absolute atomic E-state index is 13.2. The Morgan fingerprint density at radius 3 is 2.44 bits per heavy atom. The van der Waals surface area contributed by atoms with E-state index in [-0.39, 0.29) is 5.91 Å². The first-order valence-electron chi connectivity index (χ1n) is 11.8. The first-order valence-corrected chi connectivity index (χ1v) is 11.8. The lowest BCUT2D eigenvalue weighted by atomic mass is 9.91. The van der Waals surface area contributed by atoms with Crippen LogP contribution in [-0.4, -0.2) is 46.9 Å². The Morgan fingerprint density at radius 1 is 0.969 bits per heavy atom. The van der Waals surface area contributed by atoms with Crippen LogP contribution in [0.3, 0.4) is 0 Å². The van der Waals surface area contributed by atoms with Crippen LogP contribution in [0, 0.1) is 5.92 Å². The van der Waals surface area contributed by atoms with Crippen LogP contribution in [0.2, 0.25) is 0 Å². The van der Waals surface area contributed by atoms with Crippen molar-refractivity contribution in [1.29, 1.82) is 0 Å². The number of pyridine rings is 1. The highest BCUT2D eigenvalue weighted by molar-refractivity contribution is 5.93. The van der Waals surface area contributed by atoms with Gasteiger partial charge in [-0.25, -0.2) is 0 Å². The number of aromatic nitrogens is 1. The fraction of sp³-hybridized carbons (Fsp3) is 0.357. The van der Waals surface area contributed by atoms with Gasteiger partial charge in [0.15, 0.2) is 0 Å². The molecule has 1 atom stereocenters. The molecule has 4 heteroatoms. The molecule has 32 heavy (non-hydrogen) atoms. The quantitative estimate of drug-likeness (QED) is 0.478. The molecule has 166 valence electrons. The summed E-state index contributed by atoms with van der Waals surface area (Å²) >= 11 is 0. The highest BCUT2D eigenvalue weighted by atomic mass is 16.2. The molecule has 0 radical (unpaired) electrons. The van der Waals surface area contributed by atoms with Gasteiger partial charge in [0.25, 0.3) is 5.91 Å². The topological polar surface area (TPSA) is 36.4 Å². The van der Waals surface area contributed by atoms with Gasteiger partial charge in [0.2, 0.25) is 0 Å². The van der Waals surface area contributed by atoms with Gasteiger partial charge >= 0.3 is 0 Å². The summed E-state index contributed by atoms with van der Waals surface area (Å²) in [6.07, 6.45) is 8.32. The lowest BCUT2D eigenvalue weighted by Crippen LogP contribution is -2.42. The van der Waals surface area contributed by atoms with Gasteiger partial charge in [0.05, 0.1) is 5.56 Å². The van der Waals surface area contributed by atoms with Crippen LogP contribution in [0.4, 0.5) is 0 Å². The lowest BCUT2D eigenvalue weighted by Gasteiger charge is -2.34. The number of aryl methyl sites for hydroxylation is 1. The molecule has 4 nitrogen and oxygen atoms in total. The van der Waals surface area contributed by atoms with Gasteiger partial charge in [-0.2, -0.15) is 0 Å². The number of hydrogen-bond donors (Lipinski definition) is 0. The first-order chi connectivity index (χ1) is 15.8.